The fourth-order valence-electron chi connectivity index (χ4n) is 5.00. The molecule has 5 rings (SSSR count). The largest absolute Gasteiger partial charge is 0.352 e. The van der Waals surface area contributed by atoms with E-state index in [1.165, 1.54) is 14.1 Å². The summed E-state index contributed by atoms with van der Waals surface area (Å²) >= 11 is 0. The summed E-state index contributed by atoms with van der Waals surface area (Å²) in [5, 5.41) is 0.984. The molecular weight excluding hydrogens is 344 g/mol. The molecular formula is C20H20N4O3. The molecule has 4 heterocycles. The Kier molecular flexibility index (Phi) is 3.17. The summed E-state index contributed by atoms with van der Waals surface area (Å²) in [5.74, 6) is 0.0715. The number of fused-ring (bicyclic) bond motifs is 5. The van der Waals surface area contributed by atoms with Crippen LogP contribution in [0.4, 0.5) is 10.6 Å². The summed E-state index contributed by atoms with van der Waals surface area (Å²) in [6, 6.07) is 9.06. The van der Waals surface area contributed by atoms with E-state index in [1.54, 1.807) is 0 Å². The standard InChI is InChI=1S/C20H20N4O3/c1-22-17(25)20(18(26)23(2)19(22)27)11-13-10-12-6-3-4-7-14(12)21-16(13)24-9-5-8-15(20)24/h3-4,6-7,10,15H,5,8-9,11H2,1-2H3/t15-/m0/s1. The van der Waals surface area contributed by atoms with Crippen molar-refractivity contribution in [2.45, 2.75) is 25.3 Å². The third-order valence-electron chi connectivity index (χ3n) is 6.29. The maximum absolute atomic E-state index is 13.3. The Balaban J connectivity index is 1.74. The molecule has 7 nitrogen and oxygen atoms in total. The first-order valence-corrected chi connectivity index (χ1v) is 9.21. The minimum Gasteiger partial charge on any atom is -0.352 e. The second kappa shape index (κ2) is 5.28. The zero-order valence-electron chi connectivity index (χ0n) is 15.3. The Hall–Kier alpha value is -2.96. The maximum Gasteiger partial charge on any atom is 0.332 e. The first-order chi connectivity index (χ1) is 12.9. The first kappa shape index (κ1) is 16.2. The van der Waals surface area contributed by atoms with Crippen molar-refractivity contribution in [3.05, 3.63) is 35.9 Å². The van der Waals surface area contributed by atoms with Gasteiger partial charge in [-0.25, -0.2) is 9.78 Å². The summed E-state index contributed by atoms with van der Waals surface area (Å²) in [4.78, 5) is 48.0. The number of carbonyl (C=O) groups is 3. The van der Waals surface area contributed by atoms with Gasteiger partial charge in [0, 0.05) is 32.4 Å². The molecule has 0 bridgehead atoms. The molecule has 0 radical (unpaired) electrons. The first-order valence-electron chi connectivity index (χ1n) is 9.21. The molecule has 2 saturated heterocycles. The van der Waals surface area contributed by atoms with Crippen molar-refractivity contribution in [3.63, 3.8) is 0 Å². The van der Waals surface area contributed by atoms with Gasteiger partial charge in [-0.15, -0.1) is 0 Å². The Morgan fingerprint density at radius 3 is 2.52 bits per heavy atom. The second-order valence-electron chi connectivity index (χ2n) is 7.67. The molecule has 2 aromatic rings. The van der Waals surface area contributed by atoms with Crippen molar-refractivity contribution in [2.75, 3.05) is 25.5 Å². The van der Waals surface area contributed by atoms with Crippen LogP contribution in [0.5, 0.6) is 0 Å². The van der Waals surface area contributed by atoms with Crippen LogP contribution >= 0.6 is 0 Å². The summed E-state index contributed by atoms with van der Waals surface area (Å²) in [6.07, 6.45) is 1.91. The number of hydrogen-bond acceptors (Lipinski definition) is 5. The maximum atomic E-state index is 13.3. The van der Waals surface area contributed by atoms with Crippen LogP contribution in [-0.4, -0.2) is 59.3 Å². The van der Waals surface area contributed by atoms with Gasteiger partial charge in [0.15, 0.2) is 5.41 Å². The molecule has 1 aromatic carbocycles. The molecule has 1 aromatic heterocycles. The second-order valence-corrected chi connectivity index (χ2v) is 7.67. The molecule has 7 heteroatoms. The normalized spacial score (nSPS) is 24.0. The van der Waals surface area contributed by atoms with Crippen LogP contribution in [-0.2, 0) is 16.0 Å². The number of urea groups is 1. The van der Waals surface area contributed by atoms with Crippen molar-refractivity contribution in [2.24, 2.45) is 5.41 Å². The zero-order valence-corrected chi connectivity index (χ0v) is 15.3. The predicted molar refractivity (Wildman–Crippen MR) is 99.2 cm³/mol. The van der Waals surface area contributed by atoms with Crippen LogP contribution in [0.25, 0.3) is 10.9 Å². The number of anilines is 1. The zero-order chi connectivity index (χ0) is 18.9. The lowest BCUT2D eigenvalue weighted by Gasteiger charge is -2.50. The molecule has 0 N–H and O–H groups in total. The monoisotopic (exact) mass is 364 g/mol. The van der Waals surface area contributed by atoms with Gasteiger partial charge in [-0.1, -0.05) is 18.2 Å². The molecule has 0 aliphatic carbocycles. The van der Waals surface area contributed by atoms with Gasteiger partial charge in [0.2, 0.25) is 11.8 Å². The van der Waals surface area contributed by atoms with E-state index in [4.69, 9.17) is 4.98 Å². The van der Waals surface area contributed by atoms with Gasteiger partial charge in [0.05, 0.1) is 11.6 Å². The Morgan fingerprint density at radius 1 is 1.07 bits per heavy atom. The van der Waals surface area contributed by atoms with E-state index < -0.39 is 23.3 Å². The molecule has 0 saturated carbocycles. The van der Waals surface area contributed by atoms with E-state index in [-0.39, 0.29) is 12.5 Å². The molecule has 3 aliphatic heterocycles. The molecule has 1 spiro atoms. The Labute approximate surface area is 156 Å². The van der Waals surface area contributed by atoms with Gasteiger partial charge < -0.3 is 4.90 Å². The van der Waals surface area contributed by atoms with E-state index in [9.17, 15) is 14.4 Å². The van der Waals surface area contributed by atoms with Gasteiger partial charge in [-0.3, -0.25) is 19.4 Å². The van der Waals surface area contributed by atoms with Crippen molar-refractivity contribution >= 4 is 34.6 Å². The lowest BCUT2D eigenvalue weighted by molar-refractivity contribution is -0.159. The molecule has 3 aliphatic rings. The number of carbonyl (C=O) groups excluding carboxylic acids is 3. The van der Waals surface area contributed by atoms with Gasteiger partial charge in [0.1, 0.15) is 5.82 Å². The van der Waals surface area contributed by atoms with E-state index >= 15 is 0 Å². The van der Waals surface area contributed by atoms with Crippen molar-refractivity contribution < 1.29 is 14.4 Å². The number of hydrogen-bond donors (Lipinski definition) is 0. The number of pyridine rings is 1. The Morgan fingerprint density at radius 2 is 1.78 bits per heavy atom. The highest BCUT2D eigenvalue weighted by molar-refractivity contribution is 6.20. The van der Waals surface area contributed by atoms with Crippen LogP contribution in [0.1, 0.15) is 18.4 Å². The highest BCUT2D eigenvalue weighted by Gasteiger charge is 2.64. The average Bonchev–Trinajstić information content (AvgIpc) is 3.18. The summed E-state index contributed by atoms with van der Waals surface area (Å²) < 4.78 is 0. The van der Waals surface area contributed by atoms with Crippen molar-refractivity contribution in [1.29, 1.82) is 0 Å². The number of benzene rings is 1. The molecule has 138 valence electrons. The van der Waals surface area contributed by atoms with E-state index in [1.807, 2.05) is 30.3 Å². The van der Waals surface area contributed by atoms with E-state index in [2.05, 4.69) is 4.90 Å². The smallest absolute Gasteiger partial charge is 0.332 e. The number of para-hydroxylation sites is 1. The van der Waals surface area contributed by atoms with Gasteiger partial charge in [-0.2, -0.15) is 0 Å². The third kappa shape index (κ3) is 1.91. The SMILES string of the molecule is CN1C(=O)N(C)C(=O)C2(Cc3cc4ccccc4nc3N3CCC[C@H]32)C1=O. The molecule has 1 atom stereocenters. The fraction of sp³-hybridized carbons (Fsp3) is 0.400. The average molecular weight is 364 g/mol. The predicted octanol–water partition coefficient (Wildman–Crippen LogP) is 1.80. The number of barbiturate groups is 1. The van der Waals surface area contributed by atoms with Crippen molar-refractivity contribution in [1.82, 2.24) is 14.8 Å². The van der Waals surface area contributed by atoms with Crippen LogP contribution < -0.4 is 4.90 Å². The lowest BCUT2D eigenvalue weighted by Crippen LogP contribution is -2.70. The number of rotatable bonds is 0. The minimum absolute atomic E-state index is 0.267. The fourth-order valence-corrected chi connectivity index (χ4v) is 5.00. The number of nitrogens with zero attached hydrogens (tertiary/aromatic N) is 4. The minimum atomic E-state index is -1.26. The molecule has 0 unspecified atom stereocenters. The number of imide groups is 2. The topological polar surface area (TPSA) is 73.8 Å². The highest BCUT2D eigenvalue weighted by Crippen LogP contribution is 2.49. The summed E-state index contributed by atoms with van der Waals surface area (Å²) in [6.45, 7) is 0.757. The van der Waals surface area contributed by atoms with E-state index in [0.29, 0.717) is 0 Å². The molecule has 2 fully saturated rings. The van der Waals surface area contributed by atoms with Crippen LogP contribution in [0.2, 0.25) is 0 Å². The van der Waals surface area contributed by atoms with Gasteiger partial charge >= 0.3 is 6.03 Å². The van der Waals surface area contributed by atoms with Crippen molar-refractivity contribution in [3.8, 4) is 0 Å². The summed E-state index contributed by atoms with van der Waals surface area (Å²) in [5.41, 5.74) is 0.540. The molecule has 27 heavy (non-hydrogen) atoms. The van der Waals surface area contributed by atoms with Crippen LogP contribution in [0.3, 0.4) is 0 Å². The van der Waals surface area contributed by atoms with Gasteiger partial charge in [0.25, 0.3) is 0 Å². The Bertz CT molecular complexity index is 993. The number of amides is 4. The van der Waals surface area contributed by atoms with Crippen LogP contribution in [0.15, 0.2) is 30.3 Å². The van der Waals surface area contributed by atoms with Gasteiger partial charge in [-0.05, 0) is 30.5 Å². The van der Waals surface area contributed by atoms with E-state index in [0.717, 1.165) is 51.5 Å². The summed E-state index contributed by atoms with van der Waals surface area (Å²) in [7, 11) is 2.92. The molecule has 4 amide bonds. The lowest BCUT2D eigenvalue weighted by atomic mass is 9.68. The quantitative estimate of drug-likeness (QED) is 0.667. The third-order valence-corrected chi connectivity index (χ3v) is 6.29. The van der Waals surface area contributed by atoms with Crippen LogP contribution in [0, 0.1) is 5.41 Å². The number of aromatic nitrogens is 1. The highest BCUT2D eigenvalue weighted by atomic mass is 16.2.